The van der Waals surface area contributed by atoms with Crippen molar-refractivity contribution in [3.05, 3.63) is 35.1 Å². The molecule has 110 valence electrons. The number of carbonyl (C=O) groups is 2. The van der Waals surface area contributed by atoms with Crippen molar-refractivity contribution in [2.45, 2.75) is 40.2 Å². The van der Waals surface area contributed by atoms with Crippen LogP contribution in [-0.4, -0.2) is 23.0 Å². The Morgan fingerprint density at radius 2 is 1.95 bits per heavy atom. The quantitative estimate of drug-likeness (QED) is 0.891. The molecule has 1 rings (SSSR count). The monoisotopic (exact) mass is 281 g/mol. The summed E-state index contributed by atoms with van der Waals surface area (Å²) in [5.41, 5.74) is -0.123. The number of carboxylic acids is 1. The number of aliphatic carboxylic acids is 1. The molecule has 0 aromatic heterocycles. The maximum atomic E-state index is 13.9. The van der Waals surface area contributed by atoms with E-state index in [4.69, 9.17) is 5.11 Å². The number of halogens is 1. The molecule has 1 unspecified atom stereocenters. The first-order chi connectivity index (χ1) is 9.12. The smallest absolute Gasteiger partial charge is 0.305 e. The maximum absolute atomic E-state index is 13.9. The summed E-state index contributed by atoms with van der Waals surface area (Å²) in [6, 6.07) is 3.98. The highest BCUT2D eigenvalue weighted by Gasteiger charge is 2.29. The van der Waals surface area contributed by atoms with Gasteiger partial charge < -0.3 is 10.4 Å². The number of nitrogens with one attached hydrogen (secondary N) is 1. The topological polar surface area (TPSA) is 66.4 Å². The van der Waals surface area contributed by atoms with E-state index < -0.39 is 29.2 Å². The number of hydrogen-bond acceptors (Lipinski definition) is 2. The van der Waals surface area contributed by atoms with Crippen LogP contribution in [0.2, 0.25) is 0 Å². The molecule has 5 heteroatoms. The molecule has 0 aliphatic heterocycles. The fourth-order valence-corrected chi connectivity index (χ4v) is 1.81. The number of carbonyl (C=O) groups excluding carboxylic acids is 1. The average Bonchev–Trinajstić information content (AvgIpc) is 2.30. The summed E-state index contributed by atoms with van der Waals surface area (Å²) in [5.74, 6) is -2.17. The molecule has 1 aromatic carbocycles. The first kappa shape index (κ1) is 16.1. The number of amides is 1. The summed E-state index contributed by atoms with van der Waals surface area (Å²) in [4.78, 5) is 23.0. The van der Waals surface area contributed by atoms with E-state index in [0.717, 1.165) is 0 Å². The molecule has 1 amide bonds. The van der Waals surface area contributed by atoms with Gasteiger partial charge in [0.1, 0.15) is 5.82 Å². The van der Waals surface area contributed by atoms with Crippen molar-refractivity contribution in [1.82, 2.24) is 5.32 Å². The number of rotatable bonds is 4. The standard InChI is InChI=1S/C15H20FNO3/c1-9-6-5-7-10(13(9)16)14(20)17-11(8-12(18)19)15(2,3)4/h5-7,11H,8H2,1-4H3,(H,17,20)(H,18,19). The van der Waals surface area contributed by atoms with Gasteiger partial charge in [-0.3, -0.25) is 9.59 Å². The van der Waals surface area contributed by atoms with Crippen molar-refractivity contribution in [3.8, 4) is 0 Å². The van der Waals surface area contributed by atoms with E-state index >= 15 is 0 Å². The first-order valence-corrected chi connectivity index (χ1v) is 6.40. The summed E-state index contributed by atoms with van der Waals surface area (Å²) in [5, 5.41) is 11.5. The Labute approximate surface area is 118 Å². The second-order valence-corrected chi connectivity index (χ2v) is 5.93. The summed E-state index contributed by atoms with van der Waals surface area (Å²) in [7, 11) is 0. The van der Waals surface area contributed by atoms with Crippen molar-refractivity contribution >= 4 is 11.9 Å². The van der Waals surface area contributed by atoms with Gasteiger partial charge in [-0.05, 0) is 24.0 Å². The molecule has 0 spiro atoms. The molecule has 1 atom stereocenters. The zero-order valence-electron chi connectivity index (χ0n) is 12.2. The third-order valence-corrected chi connectivity index (χ3v) is 3.17. The van der Waals surface area contributed by atoms with E-state index in [-0.39, 0.29) is 12.0 Å². The highest BCUT2D eigenvalue weighted by atomic mass is 19.1. The lowest BCUT2D eigenvalue weighted by molar-refractivity contribution is -0.138. The van der Waals surface area contributed by atoms with Crippen molar-refractivity contribution in [3.63, 3.8) is 0 Å². The summed E-state index contributed by atoms with van der Waals surface area (Å²) in [6.45, 7) is 7.05. The Bertz CT molecular complexity index is 520. The second kappa shape index (κ2) is 6.03. The minimum atomic E-state index is -1.00. The molecule has 0 radical (unpaired) electrons. The Kier molecular flexibility index (Phi) is 4.87. The highest BCUT2D eigenvalue weighted by Crippen LogP contribution is 2.23. The molecule has 0 aliphatic rings. The maximum Gasteiger partial charge on any atom is 0.305 e. The molecule has 20 heavy (non-hydrogen) atoms. The Morgan fingerprint density at radius 1 is 1.35 bits per heavy atom. The molecule has 0 aliphatic carbocycles. The van der Waals surface area contributed by atoms with Gasteiger partial charge in [0, 0.05) is 6.04 Å². The zero-order chi connectivity index (χ0) is 15.5. The number of hydrogen-bond donors (Lipinski definition) is 2. The Hall–Kier alpha value is -1.91. The van der Waals surface area contributed by atoms with Crippen LogP contribution in [0.1, 0.15) is 43.1 Å². The summed E-state index contributed by atoms with van der Waals surface area (Å²) < 4.78 is 13.9. The Balaban J connectivity index is 2.96. The molecule has 1 aromatic rings. The van der Waals surface area contributed by atoms with Gasteiger partial charge in [-0.1, -0.05) is 32.9 Å². The predicted molar refractivity (Wildman–Crippen MR) is 74.1 cm³/mol. The number of aryl methyl sites for hydroxylation is 1. The van der Waals surface area contributed by atoms with Gasteiger partial charge in [0.05, 0.1) is 12.0 Å². The van der Waals surface area contributed by atoms with Gasteiger partial charge in [-0.15, -0.1) is 0 Å². The molecular formula is C15H20FNO3. The van der Waals surface area contributed by atoms with E-state index in [1.807, 2.05) is 20.8 Å². The van der Waals surface area contributed by atoms with Crippen LogP contribution in [0.4, 0.5) is 4.39 Å². The van der Waals surface area contributed by atoms with Crippen molar-refractivity contribution in [2.75, 3.05) is 0 Å². The first-order valence-electron chi connectivity index (χ1n) is 6.40. The molecule has 4 nitrogen and oxygen atoms in total. The van der Waals surface area contributed by atoms with Crippen LogP contribution in [0.15, 0.2) is 18.2 Å². The molecule has 2 N–H and O–H groups in total. The number of benzene rings is 1. The lowest BCUT2D eigenvalue weighted by atomic mass is 9.84. The lowest BCUT2D eigenvalue weighted by Gasteiger charge is -2.30. The SMILES string of the molecule is Cc1cccc(C(=O)NC(CC(=O)O)C(C)(C)C)c1F. The molecule has 0 fully saturated rings. The van der Waals surface area contributed by atoms with Crippen molar-refractivity contribution in [2.24, 2.45) is 5.41 Å². The van der Waals surface area contributed by atoms with Crippen LogP contribution < -0.4 is 5.32 Å². The minimum absolute atomic E-state index is 0.0651. The van der Waals surface area contributed by atoms with E-state index in [1.54, 1.807) is 19.1 Å². The molecule has 0 saturated carbocycles. The second-order valence-electron chi connectivity index (χ2n) is 5.93. The normalized spacial score (nSPS) is 12.8. The zero-order valence-corrected chi connectivity index (χ0v) is 12.2. The van der Waals surface area contributed by atoms with Gasteiger partial charge in [-0.25, -0.2) is 4.39 Å². The average molecular weight is 281 g/mol. The van der Waals surface area contributed by atoms with Gasteiger partial charge >= 0.3 is 5.97 Å². The highest BCUT2D eigenvalue weighted by molar-refractivity contribution is 5.95. The van der Waals surface area contributed by atoms with E-state index in [0.29, 0.717) is 5.56 Å². The summed E-state index contributed by atoms with van der Waals surface area (Å²) >= 11 is 0. The van der Waals surface area contributed by atoms with Crippen LogP contribution >= 0.6 is 0 Å². The van der Waals surface area contributed by atoms with Gasteiger partial charge in [0.25, 0.3) is 5.91 Å². The summed E-state index contributed by atoms with van der Waals surface area (Å²) in [6.07, 6.45) is -0.206. The van der Waals surface area contributed by atoms with E-state index in [2.05, 4.69) is 5.32 Å². The third-order valence-electron chi connectivity index (χ3n) is 3.17. The van der Waals surface area contributed by atoms with Crippen molar-refractivity contribution < 1.29 is 19.1 Å². The van der Waals surface area contributed by atoms with Crippen LogP contribution in [0.25, 0.3) is 0 Å². The van der Waals surface area contributed by atoms with E-state index in [1.165, 1.54) is 6.07 Å². The fraction of sp³-hybridized carbons (Fsp3) is 0.467. The van der Waals surface area contributed by atoms with Crippen LogP contribution in [0.3, 0.4) is 0 Å². The predicted octanol–water partition coefficient (Wildman–Crippen LogP) is 2.75. The fourth-order valence-electron chi connectivity index (χ4n) is 1.81. The van der Waals surface area contributed by atoms with Gasteiger partial charge in [-0.2, -0.15) is 0 Å². The lowest BCUT2D eigenvalue weighted by Crippen LogP contribution is -2.45. The minimum Gasteiger partial charge on any atom is -0.481 e. The number of carboxylic acid groups (broad SMARTS) is 1. The van der Waals surface area contributed by atoms with Crippen molar-refractivity contribution in [1.29, 1.82) is 0 Å². The Morgan fingerprint density at radius 3 is 2.45 bits per heavy atom. The molecular weight excluding hydrogens is 261 g/mol. The molecule has 0 heterocycles. The van der Waals surface area contributed by atoms with Gasteiger partial charge in [0.2, 0.25) is 0 Å². The largest absolute Gasteiger partial charge is 0.481 e. The molecule has 0 saturated heterocycles. The van der Waals surface area contributed by atoms with Crippen LogP contribution in [0, 0.1) is 18.2 Å². The third kappa shape index (κ3) is 4.05. The van der Waals surface area contributed by atoms with Gasteiger partial charge in [0.15, 0.2) is 0 Å². The van der Waals surface area contributed by atoms with Crippen LogP contribution in [-0.2, 0) is 4.79 Å². The van der Waals surface area contributed by atoms with E-state index in [9.17, 15) is 14.0 Å². The van der Waals surface area contributed by atoms with Crippen LogP contribution in [0.5, 0.6) is 0 Å². The molecule has 0 bridgehead atoms.